The first-order valence-electron chi connectivity index (χ1n) is 7.42. The molecule has 0 aliphatic carbocycles. The highest BCUT2D eigenvalue weighted by Crippen LogP contribution is 2.36. The van der Waals surface area contributed by atoms with Crippen LogP contribution in [-0.2, 0) is 13.6 Å². The van der Waals surface area contributed by atoms with Crippen molar-refractivity contribution in [3.05, 3.63) is 51.8 Å². The minimum Gasteiger partial charge on any atom is -0.392 e. The Kier molecular flexibility index (Phi) is 4.40. The van der Waals surface area contributed by atoms with Gasteiger partial charge in [-0.1, -0.05) is 11.6 Å². The number of halogens is 3. The molecule has 1 aromatic heterocycles. The molecule has 0 spiro atoms. The number of nitrogens with zero attached hydrogens (tertiary/aromatic N) is 3. The molecule has 0 saturated carbocycles. The molecule has 3 rings (SSSR count). The molecule has 1 aliphatic heterocycles. The standard InChI is InChI=1S/C16H18ClF2N3O/c1-9-13(16(17)21(2)20-9)8-22-7-11(23)6-15(22)12-5-10(18)3-4-14(12)19/h3-5,11,15,23H,6-8H2,1-2H3/t11-,15-/m0/s1. The van der Waals surface area contributed by atoms with E-state index in [2.05, 4.69) is 5.10 Å². The Morgan fingerprint density at radius 3 is 2.78 bits per heavy atom. The zero-order valence-electron chi connectivity index (χ0n) is 12.9. The third kappa shape index (κ3) is 3.11. The van der Waals surface area contributed by atoms with Crippen molar-refractivity contribution in [3.8, 4) is 0 Å². The lowest BCUT2D eigenvalue weighted by atomic mass is 10.0. The minimum absolute atomic E-state index is 0.263. The van der Waals surface area contributed by atoms with Crippen molar-refractivity contribution in [3.63, 3.8) is 0 Å². The summed E-state index contributed by atoms with van der Waals surface area (Å²) in [4.78, 5) is 1.92. The Bertz CT molecular complexity index is 734. The summed E-state index contributed by atoms with van der Waals surface area (Å²) in [6.45, 7) is 2.66. The molecule has 0 amide bonds. The number of hydrogen-bond donors (Lipinski definition) is 1. The normalized spacial score (nSPS) is 22.0. The number of benzene rings is 1. The first kappa shape index (κ1) is 16.4. The lowest BCUT2D eigenvalue weighted by Crippen LogP contribution is -2.25. The third-order valence-electron chi connectivity index (χ3n) is 4.33. The van der Waals surface area contributed by atoms with Crippen LogP contribution in [0.3, 0.4) is 0 Å². The summed E-state index contributed by atoms with van der Waals surface area (Å²) in [5.74, 6) is -0.956. The van der Waals surface area contributed by atoms with Crippen LogP contribution in [0.25, 0.3) is 0 Å². The molecule has 1 N–H and O–H groups in total. The number of aliphatic hydroxyl groups is 1. The van der Waals surface area contributed by atoms with Crippen LogP contribution < -0.4 is 0 Å². The van der Waals surface area contributed by atoms with Crippen LogP contribution in [0.1, 0.15) is 29.3 Å². The zero-order valence-corrected chi connectivity index (χ0v) is 13.7. The van der Waals surface area contributed by atoms with Crippen molar-refractivity contribution < 1.29 is 13.9 Å². The molecule has 0 radical (unpaired) electrons. The molecule has 2 heterocycles. The smallest absolute Gasteiger partial charge is 0.131 e. The van der Waals surface area contributed by atoms with Gasteiger partial charge in [0.05, 0.1) is 11.8 Å². The molecule has 7 heteroatoms. The monoisotopic (exact) mass is 341 g/mol. The number of β-amino-alcohol motifs (C(OH)–C–C–N with tert-alkyl or cyclic N) is 1. The van der Waals surface area contributed by atoms with Gasteiger partial charge in [0.2, 0.25) is 0 Å². The zero-order chi connectivity index (χ0) is 16.7. The summed E-state index contributed by atoms with van der Waals surface area (Å²) in [5, 5.41) is 14.8. The molecule has 1 aromatic carbocycles. The Hall–Kier alpha value is -1.50. The van der Waals surface area contributed by atoms with Crippen LogP contribution in [0.2, 0.25) is 5.15 Å². The van der Waals surface area contributed by atoms with Gasteiger partial charge in [-0.15, -0.1) is 0 Å². The number of hydrogen-bond acceptors (Lipinski definition) is 3. The molecule has 2 aromatic rings. The van der Waals surface area contributed by atoms with Crippen molar-refractivity contribution in [2.45, 2.75) is 32.0 Å². The van der Waals surface area contributed by atoms with Crippen LogP contribution in [0.5, 0.6) is 0 Å². The van der Waals surface area contributed by atoms with Crippen LogP contribution >= 0.6 is 11.6 Å². The quantitative estimate of drug-likeness (QED) is 0.933. The topological polar surface area (TPSA) is 41.3 Å². The van der Waals surface area contributed by atoms with Crippen molar-refractivity contribution in [1.82, 2.24) is 14.7 Å². The lowest BCUT2D eigenvalue weighted by Gasteiger charge is -2.24. The Morgan fingerprint density at radius 1 is 1.39 bits per heavy atom. The van der Waals surface area contributed by atoms with E-state index in [9.17, 15) is 13.9 Å². The van der Waals surface area contributed by atoms with Crippen LogP contribution in [-0.4, -0.2) is 32.4 Å². The molecule has 1 fully saturated rings. The van der Waals surface area contributed by atoms with E-state index in [-0.39, 0.29) is 5.56 Å². The highest BCUT2D eigenvalue weighted by atomic mass is 35.5. The highest BCUT2D eigenvalue weighted by molar-refractivity contribution is 6.30. The summed E-state index contributed by atoms with van der Waals surface area (Å²) in [6.07, 6.45) is -0.226. The summed E-state index contributed by atoms with van der Waals surface area (Å²) < 4.78 is 29.2. The van der Waals surface area contributed by atoms with E-state index in [0.29, 0.717) is 24.7 Å². The van der Waals surface area contributed by atoms with Gasteiger partial charge in [0.15, 0.2) is 0 Å². The number of rotatable bonds is 3. The first-order chi connectivity index (χ1) is 10.9. The average molecular weight is 342 g/mol. The van der Waals surface area contributed by atoms with Crippen molar-refractivity contribution in [2.24, 2.45) is 7.05 Å². The highest BCUT2D eigenvalue weighted by Gasteiger charge is 2.34. The molecular weight excluding hydrogens is 324 g/mol. The van der Waals surface area contributed by atoms with Gasteiger partial charge in [-0.3, -0.25) is 9.58 Å². The largest absolute Gasteiger partial charge is 0.392 e. The third-order valence-corrected chi connectivity index (χ3v) is 4.80. The van der Waals surface area contributed by atoms with Gasteiger partial charge in [0, 0.05) is 37.3 Å². The summed E-state index contributed by atoms with van der Waals surface area (Å²) in [5.41, 5.74) is 1.89. The molecule has 0 unspecified atom stereocenters. The van der Waals surface area contributed by atoms with Gasteiger partial charge in [0.1, 0.15) is 16.8 Å². The first-order valence-corrected chi connectivity index (χ1v) is 7.79. The van der Waals surface area contributed by atoms with Crippen LogP contribution in [0.4, 0.5) is 8.78 Å². The van der Waals surface area contributed by atoms with Gasteiger partial charge >= 0.3 is 0 Å². The Labute approximate surface area is 138 Å². The number of aliphatic hydroxyl groups excluding tert-OH is 1. The lowest BCUT2D eigenvalue weighted by molar-refractivity contribution is 0.172. The van der Waals surface area contributed by atoms with E-state index in [4.69, 9.17) is 11.6 Å². The maximum absolute atomic E-state index is 14.1. The number of aromatic nitrogens is 2. The maximum atomic E-state index is 14.1. The maximum Gasteiger partial charge on any atom is 0.131 e. The minimum atomic E-state index is -0.585. The van der Waals surface area contributed by atoms with Crippen molar-refractivity contribution in [2.75, 3.05) is 6.54 Å². The van der Waals surface area contributed by atoms with E-state index in [1.807, 2.05) is 11.8 Å². The van der Waals surface area contributed by atoms with E-state index in [0.717, 1.165) is 23.4 Å². The van der Waals surface area contributed by atoms with Crippen LogP contribution in [0, 0.1) is 18.6 Å². The Balaban J connectivity index is 1.92. The van der Waals surface area contributed by atoms with Gasteiger partial charge in [-0.2, -0.15) is 5.10 Å². The second kappa shape index (κ2) is 6.19. The van der Waals surface area contributed by atoms with E-state index in [1.165, 1.54) is 6.07 Å². The predicted octanol–water partition coefficient (Wildman–Crippen LogP) is 2.97. The SMILES string of the molecule is Cc1nn(C)c(Cl)c1CN1C[C@@H](O)C[C@H]1c1cc(F)ccc1F. The molecule has 1 saturated heterocycles. The molecular formula is C16H18ClF2N3O. The summed E-state index contributed by atoms with van der Waals surface area (Å²) in [6, 6.07) is 3.02. The number of likely N-dealkylation sites (tertiary alicyclic amines) is 1. The van der Waals surface area contributed by atoms with Gasteiger partial charge < -0.3 is 5.11 Å². The molecule has 1 aliphatic rings. The summed E-state index contributed by atoms with van der Waals surface area (Å²) in [7, 11) is 1.75. The Morgan fingerprint density at radius 2 is 2.13 bits per heavy atom. The van der Waals surface area contributed by atoms with Gasteiger partial charge in [-0.05, 0) is 31.5 Å². The molecule has 0 bridgehead atoms. The fourth-order valence-electron chi connectivity index (χ4n) is 3.20. The van der Waals surface area contributed by atoms with E-state index in [1.54, 1.807) is 11.7 Å². The van der Waals surface area contributed by atoms with Gasteiger partial charge in [0.25, 0.3) is 0 Å². The van der Waals surface area contributed by atoms with Crippen molar-refractivity contribution >= 4 is 11.6 Å². The fourth-order valence-corrected chi connectivity index (χ4v) is 3.44. The van der Waals surface area contributed by atoms with E-state index < -0.39 is 23.8 Å². The molecule has 124 valence electrons. The fraction of sp³-hybridized carbons (Fsp3) is 0.438. The summed E-state index contributed by atoms with van der Waals surface area (Å²) >= 11 is 6.26. The molecule has 23 heavy (non-hydrogen) atoms. The van der Waals surface area contributed by atoms with Crippen LogP contribution in [0.15, 0.2) is 18.2 Å². The number of aryl methyl sites for hydroxylation is 2. The molecule has 2 atom stereocenters. The average Bonchev–Trinajstić information content (AvgIpc) is 2.97. The van der Waals surface area contributed by atoms with E-state index >= 15 is 0 Å². The second-order valence-electron chi connectivity index (χ2n) is 5.98. The van der Waals surface area contributed by atoms with Crippen molar-refractivity contribution in [1.29, 1.82) is 0 Å². The van der Waals surface area contributed by atoms with Gasteiger partial charge in [-0.25, -0.2) is 8.78 Å². The predicted molar refractivity (Wildman–Crippen MR) is 83.1 cm³/mol. The molecule has 4 nitrogen and oxygen atoms in total. The second-order valence-corrected chi connectivity index (χ2v) is 6.34.